The molecular formula is C20H21N5O. The monoisotopic (exact) mass is 347 g/mol. The number of hydrogen-bond donors (Lipinski definition) is 2. The number of hydrogen-bond acceptors (Lipinski definition) is 6. The van der Waals surface area contributed by atoms with Crippen molar-refractivity contribution in [3.8, 4) is 11.8 Å². The average Bonchev–Trinajstić information content (AvgIpc) is 3.51. The molecule has 1 aliphatic heterocycles. The quantitative estimate of drug-likeness (QED) is 0.646. The Kier molecular flexibility index (Phi) is 4.55. The van der Waals surface area contributed by atoms with Gasteiger partial charge in [0.1, 0.15) is 17.3 Å². The Morgan fingerprint density at radius 3 is 2.77 bits per heavy atom. The predicted octanol–water partition coefficient (Wildman–Crippen LogP) is 1.46. The van der Waals surface area contributed by atoms with Gasteiger partial charge in [-0.05, 0) is 37.1 Å². The first-order valence-corrected chi connectivity index (χ1v) is 8.96. The van der Waals surface area contributed by atoms with Crippen molar-refractivity contribution >= 4 is 17.4 Å². The summed E-state index contributed by atoms with van der Waals surface area (Å²) in [6.45, 7) is 3.54. The van der Waals surface area contributed by atoms with E-state index in [-0.39, 0.29) is 11.6 Å². The molecule has 0 aromatic carbocycles. The van der Waals surface area contributed by atoms with Crippen molar-refractivity contribution in [2.75, 3.05) is 36.8 Å². The highest BCUT2D eigenvalue weighted by atomic mass is 16.1. The van der Waals surface area contributed by atoms with Gasteiger partial charge in [0.05, 0.1) is 11.1 Å². The van der Waals surface area contributed by atoms with Gasteiger partial charge in [0, 0.05) is 38.3 Å². The van der Waals surface area contributed by atoms with E-state index < -0.39 is 0 Å². The lowest BCUT2D eigenvalue weighted by Gasteiger charge is -2.28. The van der Waals surface area contributed by atoms with E-state index in [2.05, 4.69) is 32.0 Å². The molecule has 0 amide bonds. The summed E-state index contributed by atoms with van der Waals surface area (Å²) in [5.41, 5.74) is 7.29. The van der Waals surface area contributed by atoms with Crippen molar-refractivity contribution in [2.45, 2.75) is 12.8 Å². The maximum atomic E-state index is 13.1. The molecule has 6 heteroatoms. The van der Waals surface area contributed by atoms with E-state index in [4.69, 9.17) is 5.73 Å². The van der Waals surface area contributed by atoms with Crippen LogP contribution in [0.3, 0.4) is 0 Å². The first kappa shape index (κ1) is 16.6. The number of nitrogens with two attached hydrogens (primary N) is 1. The van der Waals surface area contributed by atoms with E-state index in [9.17, 15) is 4.79 Å². The molecule has 1 aliphatic carbocycles. The lowest BCUT2D eigenvalue weighted by molar-refractivity contribution is 0.103. The topological polar surface area (TPSA) is 84.1 Å². The summed E-state index contributed by atoms with van der Waals surface area (Å²) in [5.74, 6) is 7.61. The third kappa shape index (κ3) is 3.53. The Hall–Kier alpha value is -2.91. The van der Waals surface area contributed by atoms with Gasteiger partial charge < -0.3 is 16.0 Å². The fourth-order valence-corrected chi connectivity index (χ4v) is 2.94. The molecule has 2 aromatic rings. The largest absolute Gasteiger partial charge is 0.383 e. The molecule has 1 saturated heterocycles. The van der Waals surface area contributed by atoms with Crippen LogP contribution >= 0.6 is 0 Å². The number of anilines is 2. The molecule has 0 atom stereocenters. The SMILES string of the molecule is Nc1ncccc1C(=O)c1nc(N2CCNCC2)ccc1C#CC1CC1. The third-order valence-electron chi connectivity index (χ3n) is 4.61. The fraction of sp³-hybridized carbons (Fsp3) is 0.350. The summed E-state index contributed by atoms with van der Waals surface area (Å²) in [4.78, 5) is 24.0. The van der Waals surface area contributed by atoms with Crippen LogP contribution in [0.1, 0.15) is 34.5 Å². The zero-order chi connectivity index (χ0) is 17.9. The number of nitrogen functional groups attached to an aromatic ring is 1. The number of nitrogens with zero attached hydrogens (tertiary/aromatic N) is 3. The van der Waals surface area contributed by atoms with Crippen molar-refractivity contribution in [2.24, 2.45) is 5.92 Å². The highest BCUT2D eigenvalue weighted by molar-refractivity contribution is 6.11. The molecule has 2 fully saturated rings. The minimum absolute atomic E-state index is 0.216. The van der Waals surface area contributed by atoms with Gasteiger partial charge in [-0.15, -0.1) is 0 Å². The molecule has 3 heterocycles. The second kappa shape index (κ2) is 7.14. The van der Waals surface area contributed by atoms with Crippen LogP contribution in [-0.2, 0) is 0 Å². The van der Waals surface area contributed by atoms with Crippen LogP contribution in [0.15, 0.2) is 30.5 Å². The van der Waals surface area contributed by atoms with Gasteiger partial charge in [-0.25, -0.2) is 9.97 Å². The third-order valence-corrected chi connectivity index (χ3v) is 4.61. The van der Waals surface area contributed by atoms with Crippen LogP contribution in [0, 0.1) is 17.8 Å². The van der Waals surface area contributed by atoms with Gasteiger partial charge >= 0.3 is 0 Å². The Balaban J connectivity index is 1.74. The fourth-order valence-electron chi connectivity index (χ4n) is 2.94. The molecule has 26 heavy (non-hydrogen) atoms. The van der Waals surface area contributed by atoms with E-state index in [1.165, 1.54) is 0 Å². The predicted molar refractivity (Wildman–Crippen MR) is 101 cm³/mol. The highest BCUT2D eigenvalue weighted by Gasteiger charge is 2.22. The molecule has 0 unspecified atom stereocenters. The lowest BCUT2D eigenvalue weighted by atomic mass is 10.0. The van der Waals surface area contributed by atoms with Gasteiger partial charge in [-0.1, -0.05) is 11.8 Å². The number of piperazine rings is 1. The van der Waals surface area contributed by atoms with Crippen molar-refractivity contribution < 1.29 is 4.79 Å². The number of aromatic nitrogens is 2. The van der Waals surface area contributed by atoms with Gasteiger partial charge in [0.15, 0.2) is 0 Å². The normalized spacial score (nSPS) is 16.7. The second-order valence-electron chi connectivity index (χ2n) is 6.61. The number of nitrogens with one attached hydrogen (secondary N) is 1. The molecule has 2 aromatic heterocycles. The maximum Gasteiger partial charge on any atom is 0.216 e. The second-order valence-corrected chi connectivity index (χ2v) is 6.61. The molecule has 0 spiro atoms. The Morgan fingerprint density at radius 2 is 2.04 bits per heavy atom. The number of pyridine rings is 2. The maximum absolute atomic E-state index is 13.1. The van der Waals surface area contributed by atoms with Gasteiger partial charge in [-0.2, -0.15) is 0 Å². The van der Waals surface area contributed by atoms with Crippen LogP contribution in [0.4, 0.5) is 11.6 Å². The minimum Gasteiger partial charge on any atom is -0.383 e. The zero-order valence-electron chi connectivity index (χ0n) is 14.5. The molecule has 4 rings (SSSR count). The number of carbonyl (C=O) groups is 1. The lowest BCUT2D eigenvalue weighted by Crippen LogP contribution is -2.44. The van der Waals surface area contributed by atoms with Crippen LogP contribution in [-0.4, -0.2) is 41.9 Å². The summed E-state index contributed by atoms with van der Waals surface area (Å²) in [6.07, 6.45) is 3.85. The minimum atomic E-state index is -0.229. The van der Waals surface area contributed by atoms with Crippen molar-refractivity contribution in [1.29, 1.82) is 0 Å². The van der Waals surface area contributed by atoms with E-state index >= 15 is 0 Å². The smallest absolute Gasteiger partial charge is 0.216 e. The molecule has 0 radical (unpaired) electrons. The number of ketones is 1. The van der Waals surface area contributed by atoms with E-state index in [1.807, 2.05) is 12.1 Å². The van der Waals surface area contributed by atoms with Crippen LogP contribution in [0.25, 0.3) is 0 Å². The first-order chi connectivity index (χ1) is 12.7. The molecule has 3 N–H and O–H groups in total. The Morgan fingerprint density at radius 1 is 1.23 bits per heavy atom. The molecule has 2 aliphatic rings. The van der Waals surface area contributed by atoms with Gasteiger partial charge in [-0.3, -0.25) is 4.79 Å². The van der Waals surface area contributed by atoms with Gasteiger partial charge in [0.2, 0.25) is 5.78 Å². The molecule has 6 nitrogen and oxygen atoms in total. The summed E-state index contributed by atoms with van der Waals surface area (Å²) in [7, 11) is 0. The summed E-state index contributed by atoms with van der Waals surface area (Å²) >= 11 is 0. The highest BCUT2D eigenvalue weighted by Crippen LogP contribution is 2.28. The molecule has 1 saturated carbocycles. The van der Waals surface area contributed by atoms with Crippen LogP contribution in [0.2, 0.25) is 0 Å². The summed E-state index contributed by atoms with van der Waals surface area (Å²) < 4.78 is 0. The van der Waals surface area contributed by atoms with Crippen molar-refractivity contribution in [3.63, 3.8) is 0 Å². The van der Waals surface area contributed by atoms with Crippen LogP contribution < -0.4 is 16.0 Å². The van der Waals surface area contributed by atoms with E-state index in [1.54, 1.807) is 18.3 Å². The molecular weight excluding hydrogens is 326 g/mol. The first-order valence-electron chi connectivity index (χ1n) is 8.96. The standard InChI is InChI=1S/C20H21N5O/c21-20-16(2-1-9-23-20)19(26)18-15(6-5-14-3-4-14)7-8-17(24-18)25-12-10-22-11-13-25/h1-2,7-9,14,22H,3-4,10-13H2,(H2,21,23). The Bertz CT molecular complexity index is 889. The van der Waals surface area contributed by atoms with Crippen molar-refractivity contribution in [1.82, 2.24) is 15.3 Å². The summed E-state index contributed by atoms with van der Waals surface area (Å²) in [6, 6.07) is 7.24. The summed E-state index contributed by atoms with van der Waals surface area (Å²) in [5, 5.41) is 3.32. The molecule has 0 bridgehead atoms. The van der Waals surface area contributed by atoms with Crippen molar-refractivity contribution in [3.05, 3.63) is 47.3 Å². The van der Waals surface area contributed by atoms with E-state index in [0.29, 0.717) is 22.7 Å². The Labute approximate surface area is 152 Å². The van der Waals surface area contributed by atoms with Crippen LogP contribution in [0.5, 0.6) is 0 Å². The van der Waals surface area contributed by atoms with Gasteiger partial charge in [0.25, 0.3) is 0 Å². The number of rotatable bonds is 3. The zero-order valence-corrected chi connectivity index (χ0v) is 14.5. The average molecular weight is 347 g/mol. The number of carbonyl (C=O) groups excluding carboxylic acids is 1. The van der Waals surface area contributed by atoms with E-state index in [0.717, 1.165) is 44.8 Å². The molecule has 132 valence electrons.